The molecule has 2 aliphatic rings. The second-order valence-electron chi connectivity index (χ2n) is 4.89. The van der Waals surface area contributed by atoms with E-state index in [1.807, 2.05) is 0 Å². The van der Waals surface area contributed by atoms with Gasteiger partial charge in [0.25, 0.3) is 0 Å². The Kier molecular flexibility index (Phi) is 3.61. The molecule has 0 amide bonds. The summed E-state index contributed by atoms with van der Waals surface area (Å²) in [5.74, 6) is -1.34. The molecule has 2 N–H and O–H groups in total. The number of rotatable bonds is 3. The Morgan fingerprint density at radius 3 is 2.67 bits per heavy atom. The molecule has 2 heterocycles. The Bertz CT molecular complexity index is 329. The van der Waals surface area contributed by atoms with Crippen LogP contribution in [0.4, 0.5) is 0 Å². The molecule has 104 valence electrons. The summed E-state index contributed by atoms with van der Waals surface area (Å²) in [5, 5.41) is 18.6. The van der Waals surface area contributed by atoms with Crippen molar-refractivity contribution < 1.29 is 34.0 Å². The molecule has 0 aliphatic carbocycles. The summed E-state index contributed by atoms with van der Waals surface area (Å²) in [6.45, 7) is 4.20. The van der Waals surface area contributed by atoms with Crippen LogP contribution in [0.2, 0.25) is 0 Å². The molecule has 2 aliphatic heterocycles. The van der Waals surface area contributed by atoms with Gasteiger partial charge in [-0.1, -0.05) is 0 Å². The topological polar surface area (TPSA) is 94.5 Å². The smallest absolute Gasteiger partial charge is 0.303 e. The van der Waals surface area contributed by atoms with Crippen LogP contribution in [-0.4, -0.2) is 59.3 Å². The third-order valence-electron chi connectivity index (χ3n) is 2.90. The van der Waals surface area contributed by atoms with Crippen molar-refractivity contribution in [2.24, 2.45) is 0 Å². The van der Waals surface area contributed by atoms with Crippen LogP contribution >= 0.6 is 0 Å². The molecule has 0 radical (unpaired) electrons. The minimum Gasteiger partial charge on any atom is -0.457 e. The lowest BCUT2D eigenvalue weighted by Gasteiger charge is -2.27. The second-order valence-corrected chi connectivity index (χ2v) is 4.89. The molecular formula is C11H18O7. The molecule has 7 heteroatoms. The lowest BCUT2D eigenvalue weighted by atomic mass is 10.1. The number of carbonyl (C=O) groups excluding carboxylic acids is 1. The van der Waals surface area contributed by atoms with Crippen LogP contribution in [0.15, 0.2) is 0 Å². The number of carbonyl (C=O) groups is 1. The van der Waals surface area contributed by atoms with Gasteiger partial charge < -0.3 is 29.2 Å². The summed E-state index contributed by atoms with van der Waals surface area (Å²) in [4.78, 5) is 11.1. The van der Waals surface area contributed by atoms with Crippen LogP contribution in [0.1, 0.15) is 20.8 Å². The van der Waals surface area contributed by atoms with Crippen molar-refractivity contribution in [2.45, 2.75) is 57.3 Å². The molecule has 2 fully saturated rings. The zero-order chi connectivity index (χ0) is 13.5. The van der Waals surface area contributed by atoms with Crippen LogP contribution < -0.4 is 0 Å². The predicted octanol–water partition coefficient (Wildman–Crippen LogP) is -0.852. The largest absolute Gasteiger partial charge is 0.457 e. The third-order valence-corrected chi connectivity index (χ3v) is 2.90. The highest BCUT2D eigenvalue weighted by Crippen LogP contribution is 2.39. The quantitative estimate of drug-likeness (QED) is 0.639. The maximum Gasteiger partial charge on any atom is 0.303 e. The highest BCUT2D eigenvalue weighted by Gasteiger charge is 2.57. The molecule has 0 aromatic carbocycles. The Hall–Kier alpha value is -0.730. The maximum absolute atomic E-state index is 11.1. The fraction of sp³-hybridized carbons (Fsp3) is 0.909. The summed E-state index contributed by atoms with van der Waals surface area (Å²) in [5.41, 5.74) is 0. The van der Waals surface area contributed by atoms with E-state index in [2.05, 4.69) is 0 Å². The fourth-order valence-corrected chi connectivity index (χ4v) is 2.24. The molecule has 18 heavy (non-hydrogen) atoms. The molecule has 0 bridgehead atoms. The normalized spacial score (nSPS) is 39.4. The van der Waals surface area contributed by atoms with Crippen molar-refractivity contribution >= 4 is 5.97 Å². The molecule has 5 atom stereocenters. The standard InChI is InChI=1S/C11H18O7/c1-5(13)15-8-7(6(14)4-12)16-10-9(8)17-11(2,3)18-10/h6-10,12,14H,4H2,1-3H3/t6-,7+,8+,9-,10-/m1/s1. The van der Waals surface area contributed by atoms with E-state index < -0.39 is 49.1 Å². The lowest BCUT2D eigenvalue weighted by Crippen LogP contribution is -2.44. The van der Waals surface area contributed by atoms with Gasteiger partial charge in [-0.2, -0.15) is 0 Å². The summed E-state index contributed by atoms with van der Waals surface area (Å²) in [7, 11) is 0. The Labute approximate surface area is 105 Å². The molecule has 2 saturated heterocycles. The van der Waals surface area contributed by atoms with Gasteiger partial charge in [0.05, 0.1) is 6.61 Å². The van der Waals surface area contributed by atoms with Crippen molar-refractivity contribution in [3.05, 3.63) is 0 Å². The molecule has 2 rings (SSSR count). The number of fused-ring (bicyclic) bond motifs is 1. The average molecular weight is 262 g/mol. The number of hydrogen-bond donors (Lipinski definition) is 2. The van der Waals surface area contributed by atoms with Gasteiger partial charge in [0, 0.05) is 6.92 Å². The van der Waals surface area contributed by atoms with Gasteiger partial charge in [-0.15, -0.1) is 0 Å². The average Bonchev–Trinajstić information content (AvgIpc) is 2.71. The molecule has 7 nitrogen and oxygen atoms in total. The summed E-state index contributed by atoms with van der Waals surface area (Å²) in [6, 6.07) is 0. The van der Waals surface area contributed by atoms with Crippen LogP contribution in [0.25, 0.3) is 0 Å². The van der Waals surface area contributed by atoms with E-state index in [4.69, 9.17) is 24.1 Å². The van der Waals surface area contributed by atoms with Gasteiger partial charge in [0.1, 0.15) is 12.2 Å². The number of hydrogen-bond acceptors (Lipinski definition) is 7. The Balaban J connectivity index is 2.14. The first-order valence-electron chi connectivity index (χ1n) is 5.81. The van der Waals surface area contributed by atoms with Crippen LogP contribution in [0.5, 0.6) is 0 Å². The van der Waals surface area contributed by atoms with Gasteiger partial charge in [-0.05, 0) is 13.8 Å². The van der Waals surface area contributed by atoms with Gasteiger partial charge in [0.15, 0.2) is 24.3 Å². The molecule has 0 unspecified atom stereocenters. The summed E-state index contributed by atoms with van der Waals surface area (Å²) in [6.07, 6.45) is -4.12. The molecule has 0 spiro atoms. The zero-order valence-electron chi connectivity index (χ0n) is 10.5. The highest BCUT2D eigenvalue weighted by molar-refractivity contribution is 5.66. The number of aliphatic hydroxyl groups excluding tert-OH is 2. The zero-order valence-corrected chi connectivity index (χ0v) is 10.5. The third kappa shape index (κ3) is 2.50. The van der Waals surface area contributed by atoms with Crippen molar-refractivity contribution in [2.75, 3.05) is 6.61 Å². The van der Waals surface area contributed by atoms with E-state index in [-0.39, 0.29) is 0 Å². The van der Waals surface area contributed by atoms with Gasteiger partial charge >= 0.3 is 5.97 Å². The highest BCUT2D eigenvalue weighted by atomic mass is 16.8. The van der Waals surface area contributed by atoms with Crippen molar-refractivity contribution in [1.82, 2.24) is 0 Å². The van der Waals surface area contributed by atoms with Gasteiger partial charge in [0.2, 0.25) is 0 Å². The van der Waals surface area contributed by atoms with E-state index >= 15 is 0 Å². The van der Waals surface area contributed by atoms with E-state index in [0.29, 0.717) is 0 Å². The molecule has 0 aromatic heterocycles. The first-order chi connectivity index (χ1) is 8.34. The van der Waals surface area contributed by atoms with Crippen molar-refractivity contribution in [3.63, 3.8) is 0 Å². The van der Waals surface area contributed by atoms with E-state index in [0.717, 1.165) is 0 Å². The van der Waals surface area contributed by atoms with Gasteiger partial charge in [-0.25, -0.2) is 0 Å². The first-order valence-corrected chi connectivity index (χ1v) is 5.81. The Morgan fingerprint density at radius 2 is 2.11 bits per heavy atom. The SMILES string of the molecule is CC(=O)O[C@H]1[C@H]([C@H](O)CO)O[C@@H]2OC(C)(C)O[C@@H]21. The molecule has 0 saturated carbocycles. The van der Waals surface area contributed by atoms with Crippen LogP contribution in [-0.2, 0) is 23.7 Å². The molecule has 0 aromatic rings. The fourth-order valence-electron chi connectivity index (χ4n) is 2.24. The summed E-state index contributed by atoms with van der Waals surface area (Å²) < 4.78 is 21.6. The number of esters is 1. The predicted molar refractivity (Wildman–Crippen MR) is 57.3 cm³/mol. The van der Waals surface area contributed by atoms with Crippen LogP contribution in [0.3, 0.4) is 0 Å². The van der Waals surface area contributed by atoms with E-state index in [1.54, 1.807) is 13.8 Å². The minimum atomic E-state index is -1.16. The van der Waals surface area contributed by atoms with Crippen molar-refractivity contribution in [3.8, 4) is 0 Å². The summed E-state index contributed by atoms with van der Waals surface area (Å²) >= 11 is 0. The number of ether oxygens (including phenoxy) is 4. The minimum absolute atomic E-state index is 0.495. The van der Waals surface area contributed by atoms with Crippen LogP contribution in [0, 0.1) is 0 Å². The number of aliphatic hydroxyl groups is 2. The van der Waals surface area contributed by atoms with Crippen molar-refractivity contribution in [1.29, 1.82) is 0 Å². The Morgan fingerprint density at radius 1 is 1.44 bits per heavy atom. The van der Waals surface area contributed by atoms with Gasteiger partial charge in [-0.3, -0.25) is 4.79 Å². The monoisotopic (exact) mass is 262 g/mol. The first kappa shape index (κ1) is 13.7. The lowest BCUT2D eigenvalue weighted by molar-refractivity contribution is -0.230. The van der Waals surface area contributed by atoms with E-state index in [9.17, 15) is 9.90 Å². The maximum atomic E-state index is 11.1. The van der Waals surface area contributed by atoms with E-state index in [1.165, 1.54) is 6.92 Å². The molecular weight excluding hydrogens is 244 g/mol. The second kappa shape index (κ2) is 4.75.